The molecule has 0 aliphatic rings. The second-order valence-electron chi connectivity index (χ2n) is 3.86. The molecule has 0 bridgehead atoms. The van der Waals surface area contributed by atoms with Crippen LogP contribution in [0.25, 0.3) is 11.0 Å². The lowest BCUT2D eigenvalue weighted by Gasteiger charge is -2.08. The van der Waals surface area contributed by atoms with Crippen molar-refractivity contribution < 1.29 is 9.47 Å². The first-order valence-electron chi connectivity index (χ1n) is 5.97. The average Bonchev–Trinajstić information content (AvgIpc) is 2.76. The third-order valence-electron chi connectivity index (χ3n) is 2.82. The first kappa shape index (κ1) is 13.2. The summed E-state index contributed by atoms with van der Waals surface area (Å²) in [5.74, 6) is 2.07. The minimum Gasteiger partial charge on any atom is -0.497 e. The van der Waals surface area contributed by atoms with Gasteiger partial charge in [-0.15, -0.1) is 11.6 Å². The van der Waals surface area contributed by atoms with E-state index in [1.807, 2.05) is 25.1 Å². The van der Waals surface area contributed by atoms with Crippen molar-refractivity contribution in [2.75, 3.05) is 20.3 Å². The highest BCUT2D eigenvalue weighted by molar-refractivity contribution is 6.16. The van der Waals surface area contributed by atoms with Crippen molar-refractivity contribution in [2.45, 2.75) is 19.3 Å². The molecular formula is C13H17ClN2O2. The van der Waals surface area contributed by atoms with E-state index in [0.717, 1.165) is 29.2 Å². The van der Waals surface area contributed by atoms with E-state index in [1.54, 1.807) is 7.11 Å². The van der Waals surface area contributed by atoms with Gasteiger partial charge in [0.25, 0.3) is 0 Å². The summed E-state index contributed by atoms with van der Waals surface area (Å²) in [4.78, 5) is 4.51. The SMILES string of the molecule is CCOCCn1c(CCl)nc2ccc(OC)cc21. The molecule has 0 aliphatic heterocycles. The number of ether oxygens (including phenoxy) is 2. The number of benzene rings is 1. The van der Waals surface area contributed by atoms with E-state index in [0.29, 0.717) is 19.1 Å². The number of nitrogens with zero attached hydrogens (tertiary/aromatic N) is 2. The summed E-state index contributed by atoms with van der Waals surface area (Å²) in [7, 11) is 1.66. The molecule has 1 aromatic carbocycles. The Morgan fingerprint density at radius 1 is 1.39 bits per heavy atom. The Kier molecular flexibility index (Phi) is 4.44. The fraction of sp³-hybridized carbons (Fsp3) is 0.462. The van der Waals surface area contributed by atoms with E-state index < -0.39 is 0 Å². The molecule has 1 aromatic heterocycles. The third-order valence-corrected chi connectivity index (χ3v) is 3.06. The van der Waals surface area contributed by atoms with Gasteiger partial charge in [-0.1, -0.05) is 0 Å². The lowest BCUT2D eigenvalue weighted by molar-refractivity contribution is 0.139. The Labute approximate surface area is 111 Å². The van der Waals surface area contributed by atoms with Crippen LogP contribution in [0.4, 0.5) is 0 Å². The van der Waals surface area contributed by atoms with Gasteiger partial charge in [-0.25, -0.2) is 4.98 Å². The molecule has 18 heavy (non-hydrogen) atoms. The van der Waals surface area contributed by atoms with Crippen LogP contribution >= 0.6 is 11.6 Å². The van der Waals surface area contributed by atoms with Crippen molar-refractivity contribution in [1.82, 2.24) is 9.55 Å². The van der Waals surface area contributed by atoms with Crippen LogP contribution in [0.2, 0.25) is 0 Å². The normalized spacial score (nSPS) is 11.1. The van der Waals surface area contributed by atoms with Gasteiger partial charge >= 0.3 is 0 Å². The van der Waals surface area contributed by atoms with E-state index in [4.69, 9.17) is 21.1 Å². The number of hydrogen-bond acceptors (Lipinski definition) is 3. The summed E-state index contributed by atoms with van der Waals surface area (Å²) < 4.78 is 12.7. The molecular weight excluding hydrogens is 252 g/mol. The first-order chi connectivity index (χ1) is 8.80. The minimum absolute atomic E-state index is 0.392. The number of rotatable bonds is 6. The monoisotopic (exact) mass is 268 g/mol. The number of imidazole rings is 1. The smallest absolute Gasteiger partial charge is 0.124 e. The molecule has 0 amide bonds. The molecule has 0 unspecified atom stereocenters. The topological polar surface area (TPSA) is 36.3 Å². The molecule has 0 saturated heterocycles. The quantitative estimate of drug-likeness (QED) is 0.597. The Hall–Kier alpha value is -1.26. The number of methoxy groups -OCH3 is 1. The van der Waals surface area contributed by atoms with Crippen LogP contribution in [0.1, 0.15) is 12.7 Å². The second-order valence-corrected chi connectivity index (χ2v) is 4.13. The van der Waals surface area contributed by atoms with Crippen molar-refractivity contribution >= 4 is 22.6 Å². The zero-order valence-electron chi connectivity index (χ0n) is 10.6. The molecule has 0 fully saturated rings. The van der Waals surface area contributed by atoms with Crippen LogP contribution in [0.15, 0.2) is 18.2 Å². The lowest BCUT2D eigenvalue weighted by atomic mass is 10.3. The largest absolute Gasteiger partial charge is 0.497 e. The van der Waals surface area contributed by atoms with E-state index in [9.17, 15) is 0 Å². The molecule has 0 aliphatic carbocycles. The van der Waals surface area contributed by atoms with Crippen molar-refractivity contribution in [3.63, 3.8) is 0 Å². The van der Waals surface area contributed by atoms with E-state index >= 15 is 0 Å². The molecule has 98 valence electrons. The maximum Gasteiger partial charge on any atom is 0.124 e. The molecule has 0 spiro atoms. The van der Waals surface area contributed by atoms with Crippen LogP contribution in [0.3, 0.4) is 0 Å². The van der Waals surface area contributed by atoms with Crippen LogP contribution in [0, 0.1) is 0 Å². The lowest BCUT2D eigenvalue weighted by Crippen LogP contribution is -2.08. The molecule has 2 aromatic rings. The summed E-state index contributed by atoms with van der Waals surface area (Å²) in [5.41, 5.74) is 1.97. The number of aromatic nitrogens is 2. The predicted octanol–water partition coefficient (Wildman–Crippen LogP) is 2.82. The van der Waals surface area contributed by atoms with E-state index in [-0.39, 0.29) is 0 Å². The number of halogens is 1. The van der Waals surface area contributed by atoms with Crippen molar-refractivity contribution in [2.24, 2.45) is 0 Å². The van der Waals surface area contributed by atoms with Gasteiger partial charge < -0.3 is 14.0 Å². The first-order valence-corrected chi connectivity index (χ1v) is 6.50. The van der Waals surface area contributed by atoms with Gasteiger partial charge in [0.1, 0.15) is 11.6 Å². The Balaban J connectivity index is 2.38. The molecule has 0 radical (unpaired) electrons. The predicted molar refractivity (Wildman–Crippen MR) is 72.3 cm³/mol. The van der Waals surface area contributed by atoms with Gasteiger partial charge in [0.15, 0.2) is 0 Å². The zero-order chi connectivity index (χ0) is 13.0. The van der Waals surface area contributed by atoms with Gasteiger partial charge in [0.05, 0.1) is 30.6 Å². The number of fused-ring (bicyclic) bond motifs is 1. The van der Waals surface area contributed by atoms with Crippen LogP contribution in [0.5, 0.6) is 5.75 Å². The van der Waals surface area contributed by atoms with Crippen LogP contribution < -0.4 is 4.74 Å². The summed E-state index contributed by atoms with van der Waals surface area (Å²) in [6, 6.07) is 5.83. The average molecular weight is 269 g/mol. The molecule has 1 heterocycles. The Morgan fingerprint density at radius 2 is 2.22 bits per heavy atom. The molecule has 0 N–H and O–H groups in total. The van der Waals surface area contributed by atoms with E-state index in [2.05, 4.69) is 9.55 Å². The molecule has 4 nitrogen and oxygen atoms in total. The summed E-state index contributed by atoms with van der Waals surface area (Å²) >= 11 is 5.93. The Bertz CT molecular complexity index is 525. The molecule has 5 heteroatoms. The summed E-state index contributed by atoms with van der Waals surface area (Å²) in [6.45, 7) is 4.10. The van der Waals surface area contributed by atoms with Gasteiger partial charge in [-0.3, -0.25) is 0 Å². The fourth-order valence-corrected chi connectivity index (χ4v) is 2.14. The maximum absolute atomic E-state index is 5.93. The maximum atomic E-state index is 5.93. The summed E-state index contributed by atoms with van der Waals surface area (Å²) in [5, 5.41) is 0. The minimum atomic E-state index is 0.392. The second kappa shape index (κ2) is 6.07. The van der Waals surface area contributed by atoms with Gasteiger partial charge in [0, 0.05) is 19.2 Å². The van der Waals surface area contributed by atoms with Crippen molar-refractivity contribution in [3.8, 4) is 5.75 Å². The van der Waals surface area contributed by atoms with Gasteiger partial charge in [-0.05, 0) is 19.1 Å². The highest BCUT2D eigenvalue weighted by Gasteiger charge is 2.10. The highest BCUT2D eigenvalue weighted by Crippen LogP contribution is 2.22. The Morgan fingerprint density at radius 3 is 2.89 bits per heavy atom. The van der Waals surface area contributed by atoms with Crippen LogP contribution in [-0.4, -0.2) is 29.9 Å². The van der Waals surface area contributed by atoms with Crippen molar-refractivity contribution in [1.29, 1.82) is 0 Å². The zero-order valence-corrected chi connectivity index (χ0v) is 11.4. The van der Waals surface area contributed by atoms with Crippen molar-refractivity contribution in [3.05, 3.63) is 24.0 Å². The summed E-state index contributed by atoms with van der Waals surface area (Å²) in [6.07, 6.45) is 0. The fourth-order valence-electron chi connectivity index (χ4n) is 1.93. The molecule has 2 rings (SSSR count). The van der Waals surface area contributed by atoms with E-state index in [1.165, 1.54) is 0 Å². The number of alkyl halides is 1. The molecule has 0 saturated carbocycles. The number of hydrogen-bond donors (Lipinski definition) is 0. The van der Waals surface area contributed by atoms with Gasteiger partial charge in [0.2, 0.25) is 0 Å². The standard InChI is InChI=1S/C13H17ClN2O2/c1-3-18-7-6-16-12-8-10(17-2)4-5-11(12)15-13(16)9-14/h4-5,8H,3,6-7,9H2,1-2H3. The third kappa shape index (κ3) is 2.60. The highest BCUT2D eigenvalue weighted by atomic mass is 35.5. The van der Waals surface area contributed by atoms with Crippen LogP contribution in [-0.2, 0) is 17.2 Å². The molecule has 0 atom stereocenters. The van der Waals surface area contributed by atoms with Gasteiger partial charge in [-0.2, -0.15) is 0 Å².